The lowest BCUT2D eigenvalue weighted by atomic mass is 10.1. The van der Waals surface area contributed by atoms with Gasteiger partial charge in [-0.3, -0.25) is 0 Å². The first-order chi connectivity index (χ1) is 11.7. The van der Waals surface area contributed by atoms with E-state index in [1.807, 2.05) is 23.9 Å². The van der Waals surface area contributed by atoms with E-state index in [9.17, 15) is 0 Å². The maximum atomic E-state index is 8.97. The van der Waals surface area contributed by atoms with E-state index in [1.165, 1.54) is 16.8 Å². The zero-order chi connectivity index (χ0) is 16.9. The highest BCUT2D eigenvalue weighted by Gasteiger charge is 2.17. The van der Waals surface area contributed by atoms with E-state index in [4.69, 9.17) is 5.26 Å². The minimum Gasteiger partial charge on any atom is -0.332 e. The highest BCUT2D eigenvalue weighted by Crippen LogP contribution is 2.30. The Labute approximate surface area is 147 Å². The molecule has 24 heavy (non-hydrogen) atoms. The largest absolute Gasteiger partial charge is 0.332 e. The van der Waals surface area contributed by atoms with Crippen molar-refractivity contribution in [1.29, 1.82) is 5.26 Å². The summed E-state index contributed by atoms with van der Waals surface area (Å²) in [5.41, 5.74) is 5.33. The number of nitrogens with zero attached hydrogens (tertiary/aromatic N) is 3. The molecule has 3 rings (SSSR count). The Morgan fingerprint density at radius 2 is 1.96 bits per heavy atom. The van der Waals surface area contributed by atoms with Gasteiger partial charge >= 0.3 is 0 Å². The molecule has 1 atom stereocenters. The van der Waals surface area contributed by atoms with Gasteiger partial charge in [0.05, 0.1) is 5.37 Å². The van der Waals surface area contributed by atoms with E-state index < -0.39 is 0 Å². The summed E-state index contributed by atoms with van der Waals surface area (Å²) in [5, 5.41) is 9.21. The van der Waals surface area contributed by atoms with E-state index in [0.717, 1.165) is 11.3 Å². The van der Waals surface area contributed by atoms with Gasteiger partial charge in [-0.1, -0.05) is 18.2 Å². The van der Waals surface area contributed by atoms with Gasteiger partial charge in [-0.05, 0) is 60.9 Å². The summed E-state index contributed by atoms with van der Waals surface area (Å²) < 4.78 is 0. The average molecular weight is 333 g/mol. The van der Waals surface area contributed by atoms with Crippen molar-refractivity contribution in [2.45, 2.75) is 25.0 Å². The number of rotatable bonds is 4. The van der Waals surface area contributed by atoms with Gasteiger partial charge in [0.15, 0.2) is 0 Å². The first-order valence-corrected chi connectivity index (χ1v) is 8.89. The van der Waals surface area contributed by atoms with Crippen LogP contribution in [0.25, 0.3) is 0 Å². The molecule has 0 saturated carbocycles. The first-order valence-electron chi connectivity index (χ1n) is 7.84. The summed E-state index contributed by atoms with van der Waals surface area (Å²) in [4.78, 5) is 6.32. The molecular formula is C20H19N3S. The molecule has 0 fully saturated rings. The lowest BCUT2D eigenvalue weighted by Crippen LogP contribution is -2.27. The number of benzene rings is 1. The summed E-state index contributed by atoms with van der Waals surface area (Å²) >= 11 is 1.83. The van der Waals surface area contributed by atoms with Crippen molar-refractivity contribution >= 4 is 17.4 Å². The van der Waals surface area contributed by atoms with Crippen LogP contribution in [-0.2, 0) is 5.75 Å². The second-order valence-electron chi connectivity index (χ2n) is 5.84. The molecule has 2 aromatic rings. The fourth-order valence-electron chi connectivity index (χ4n) is 2.75. The maximum Gasteiger partial charge on any atom is 0.140 e. The van der Waals surface area contributed by atoms with E-state index in [2.05, 4.69) is 72.4 Å². The molecule has 4 heteroatoms. The second kappa shape index (κ2) is 7.37. The Morgan fingerprint density at radius 3 is 2.71 bits per heavy atom. The van der Waals surface area contributed by atoms with Crippen molar-refractivity contribution in [3.8, 4) is 6.07 Å². The lowest BCUT2D eigenvalue weighted by molar-refractivity contribution is 1.01. The molecule has 0 amide bonds. The van der Waals surface area contributed by atoms with Crippen LogP contribution in [0.15, 0.2) is 61.0 Å². The van der Waals surface area contributed by atoms with Crippen molar-refractivity contribution in [2.75, 3.05) is 4.90 Å². The van der Waals surface area contributed by atoms with Gasteiger partial charge in [-0.15, -0.1) is 11.8 Å². The summed E-state index contributed by atoms with van der Waals surface area (Å²) in [6, 6.07) is 12.5. The average Bonchev–Trinajstić information content (AvgIpc) is 2.59. The quantitative estimate of drug-likeness (QED) is 0.812. The Bertz CT molecular complexity index is 813. The van der Waals surface area contributed by atoms with Crippen molar-refractivity contribution in [3.63, 3.8) is 0 Å². The molecule has 2 heterocycles. The molecule has 1 aromatic heterocycles. The normalized spacial score (nSPS) is 16.2. The fourth-order valence-corrected chi connectivity index (χ4v) is 3.85. The monoisotopic (exact) mass is 333 g/mol. The molecule has 0 N–H and O–H groups in total. The smallest absolute Gasteiger partial charge is 0.140 e. The van der Waals surface area contributed by atoms with E-state index in [-0.39, 0.29) is 5.37 Å². The van der Waals surface area contributed by atoms with Gasteiger partial charge in [0, 0.05) is 23.8 Å². The molecule has 1 aliphatic heterocycles. The molecule has 0 spiro atoms. The standard InChI is InChI=1S/C20H19N3S/c1-15-9-16(2)11-19(10-15)23-8-4-3-5-20(23)24-14-17-6-7-22-18(12-17)13-21/h3-12,20H,14H2,1-2H3. The number of nitriles is 1. The molecule has 0 aliphatic carbocycles. The van der Waals surface area contributed by atoms with E-state index in [0.29, 0.717) is 5.69 Å². The van der Waals surface area contributed by atoms with Gasteiger partial charge in [0.2, 0.25) is 0 Å². The minimum absolute atomic E-state index is 0.231. The summed E-state index contributed by atoms with van der Waals surface area (Å²) in [6.07, 6.45) is 10.2. The van der Waals surface area contributed by atoms with E-state index in [1.54, 1.807) is 6.20 Å². The zero-order valence-corrected chi connectivity index (χ0v) is 14.6. The van der Waals surface area contributed by atoms with Crippen LogP contribution < -0.4 is 4.90 Å². The van der Waals surface area contributed by atoms with Crippen LogP contribution >= 0.6 is 11.8 Å². The number of thioether (sulfide) groups is 1. The summed E-state index contributed by atoms with van der Waals surface area (Å²) in [7, 11) is 0. The number of hydrogen-bond donors (Lipinski definition) is 0. The Kier molecular flexibility index (Phi) is 5.02. The third-order valence-corrected chi connectivity index (χ3v) is 5.00. The van der Waals surface area contributed by atoms with Crippen LogP contribution in [0.4, 0.5) is 5.69 Å². The van der Waals surface area contributed by atoms with Crippen LogP contribution in [0.2, 0.25) is 0 Å². The molecule has 120 valence electrons. The molecule has 0 radical (unpaired) electrons. The summed E-state index contributed by atoms with van der Waals surface area (Å²) in [6.45, 7) is 4.26. The van der Waals surface area contributed by atoms with Crippen molar-refractivity contribution in [3.05, 3.63) is 83.3 Å². The highest BCUT2D eigenvalue weighted by atomic mass is 32.2. The number of aromatic nitrogens is 1. The van der Waals surface area contributed by atoms with Gasteiger partial charge in [-0.25, -0.2) is 4.98 Å². The van der Waals surface area contributed by atoms with Crippen molar-refractivity contribution in [1.82, 2.24) is 4.98 Å². The predicted molar refractivity (Wildman–Crippen MR) is 101 cm³/mol. The number of anilines is 1. The molecular weight excluding hydrogens is 314 g/mol. The van der Waals surface area contributed by atoms with Crippen LogP contribution in [-0.4, -0.2) is 10.4 Å². The third kappa shape index (κ3) is 3.87. The Morgan fingerprint density at radius 1 is 1.17 bits per heavy atom. The highest BCUT2D eigenvalue weighted by molar-refractivity contribution is 7.99. The molecule has 1 aromatic carbocycles. The van der Waals surface area contributed by atoms with Crippen LogP contribution in [0.3, 0.4) is 0 Å². The van der Waals surface area contributed by atoms with Crippen molar-refractivity contribution < 1.29 is 0 Å². The second-order valence-corrected chi connectivity index (χ2v) is 6.95. The van der Waals surface area contributed by atoms with Crippen LogP contribution in [0, 0.1) is 25.2 Å². The van der Waals surface area contributed by atoms with Crippen molar-refractivity contribution in [2.24, 2.45) is 0 Å². The predicted octanol–water partition coefficient (Wildman–Crippen LogP) is 4.72. The molecule has 1 unspecified atom stereocenters. The number of aryl methyl sites for hydroxylation is 2. The van der Waals surface area contributed by atoms with Gasteiger partial charge in [-0.2, -0.15) is 5.26 Å². The third-order valence-electron chi connectivity index (χ3n) is 3.77. The van der Waals surface area contributed by atoms with Crippen LogP contribution in [0.1, 0.15) is 22.4 Å². The zero-order valence-electron chi connectivity index (χ0n) is 13.8. The SMILES string of the molecule is Cc1cc(C)cc(N2C=CC=CC2SCc2ccnc(C#N)c2)c1. The number of hydrogen-bond acceptors (Lipinski definition) is 4. The molecule has 3 nitrogen and oxygen atoms in total. The first kappa shape index (κ1) is 16.4. The van der Waals surface area contributed by atoms with Gasteiger partial charge in [0.25, 0.3) is 0 Å². The Balaban J connectivity index is 1.77. The maximum absolute atomic E-state index is 8.97. The van der Waals surface area contributed by atoms with Gasteiger partial charge < -0.3 is 4.90 Å². The fraction of sp³-hybridized carbons (Fsp3) is 0.200. The van der Waals surface area contributed by atoms with Gasteiger partial charge in [0.1, 0.15) is 11.8 Å². The lowest BCUT2D eigenvalue weighted by Gasteiger charge is -2.30. The topological polar surface area (TPSA) is 39.9 Å². The molecule has 0 bridgehead atoms. The minimum atomic E-state index is 0.231. The number of allylic oxidation sites excluding steroid dienone is 2. The molecule has 1 aliphatic rings. The van der Waals surface area contributed by atoms with E-state index >= 15 is 0 Å². The summed E-state index contributed by atoms with van der Waals surface area (Å²) in [5.74, 6) is 0.835. The van der Waals surface area contributed by atoms with Crippen LogP contribution in [0.5, 0.6) is 0 Å². The Hall–Kier alpha value is -2.51. The molecule has 0 saturated heterocycles. The number of pyridine rings is 1.